The first-order valence-electron chi connectivity index (χ1n) is 10.6. The lowest BCUT2D eigenvalue weighted by Gasteiger charge is -2.24. The van der Waals surface area contributed by atoms with Gasteiger partial charge in [-0.2, -0.15) is 0 Å². The number of hydrogen-bond donors (Lipinski definition) is 1. The van der Waals surface area contributed by atoms with Crippen LogP contribution in [0.3, 0.4) is 0 Å². The maximum absolute atomic E-state index is 12.8. The number of anilines is 2. The molecule has 1 fully saturated rings. The number of urea groups is 1. The summed E-state index contributed by atoms with van der Waals surface area (Å²) in [6, 6.07) is 14.5. The molecule has 7 nitrogen and oxygen atoms in total. The molecule has 31 heavy (non-hydrogen) atoms. The third kappa shape index (κ3) is 5.05. The maximum atomic E-state index is 12.8. The van der Waals surface area contributed by atoms with Gasteiger partial charge >= 0.3 is 6.03 Å². The van der Waals surface area contributed by atoms with Crippen LogP contribution in [0.25, 0.3) is 0 Å². The molecule has 1 N–H and O–H groups in total. The zero-order valence-corrected chi connectivity index (χ0v) is 18.6. The van der Waals surface area contributed by atoms with Gasteiger partial charge in [0.25, 0.3) is 5.91 Å². The third-order valence-electron chi connectivity index (χ3n) is 5.51. The fourth-order valence-corrected chi connectivity index (χ4v) is 3.74. The minimum absolute atomic E-state index is 0.277. The van der Waals surface area contributed by atoms with E-state index in [0.717, 1.165) is 22.7 Å². The molecule has 0 aromatic heterocycles. The summed E-state index contributed by atoms with van der Waals surface area (Å²) in [5.41, 5.74) is 4.00. The second kappa shape index (κ2) is 9.64. The lowest BCUT2D eigenvalue weighted by atomic mass is 10.2. The Kier molecular flexibility index (Phi) is 6.95. The molecule has 1 atom stereocenters. The van der Waals surface area contributed by atoms with Gasteiger partial charge < -0.3 is 10.2 Å². The molecular weight excluding hydrogens is 392 g/mol. The summed E-state index contributed by atoms with van der Waals surface area (Å²) < 4.78 is 0. The maximum Gasteiger partial charge on any atom is 0.332 e. The number of aryl methyl sites for hydroxylation is 2. The van der Waals surface area contributed by atoms with Gasteiger partial charge in [-0.3, -0.25) is 19.4 Å². The Morgan fingerprint density at radius 2 is 1.77 bits per heavy atom. The van der Waals surface area contributed by atoms with Gasteiger partial charge in [-0.15, -0.1) is 0 Å². The summed E-state index contributed by atoms with van der Waals surface area (Å²) >= 11 is 0. The van der Waals surface area contributed by atoms with Gasteiger partial charge in [0.2, 0.25) is 5.91 Å². The second-order valence-electron chi connectivity index (χ2n) is 7.86. The summed E-state index contributed by atoms with van der Waals surface area (Å²) in [6.45, 7) is 9.34. The summed E-state index contributed by atoms with van der Waals surface area (Å²) in [5, 5.41) is 2.83. The van der Waals surface area contributed by atoms with Gasteiger partial charge in [-0.25, -0.2) is 4.79 Å². The molecule has 4 amide bonds. The number of rotatable bonds is 8. The Morgan fingerprint density at radius 1 is 1.06 bits per heavy atom. The van der Waals surface area contributed by atoms with Crippen LogP contribution in [0.1, 0.15) is 25.0 Å². The molecule has 0 saturated carbocycles. The third-order valence-corrected chi connectivity index (χ3v) is 5.51. The molecule has 1 aliphatic rings. The smallest absolute Gasteiger partial charge is 0.332 e. The van der Waals surface area contributed by atoms with Crippen LogP contribution in [-0.2, 0) is 9.59 Å². The van der Waals surface area contributed by atoms with Gasteiger partial charge in [-0.1, -0.05) is 29.8 Å². The van der Waals surface area contributed by atoms with E-state index in [1.807, 2.05) is 56.3 Å². The van der Waals surface area contributed by atoms with E-state index < -0.39 is 12.1 Å². The van der Waals surface area contributed by atoms with Crippen LogP contribution < -0.4 is 15.1 Å². The number of imide groups is 1. The molecule has 0 unspecified atom stereocenters. The van der Waals surface area contributed by atoms with E-state index >= 15 is 0 Å². The van der Waals surface area contributed by atoms with Gasteiger partial charge in [0, 0.05) is 31.0 Å². The lowest BCUT2D eigenvalue weighted by Crippen LogP contribution is -2.43. The fourth-order valence-electron chi connectivity index (χ4n) is 3.74. The molecule has 0 aliphatic carbocycles. The van der Waals surface area contributed by atoms with E-state index in [1.165, 1.54) is 10.5 Å². The van der Waals surface area contributed by atoms with Crippen molar-refractivity contribution < 1.29 is 14.4 Å². The van der Waals surface area contributed by atoms with E-state index in [4.69, 9.17) is 0 Å². The van der Waals surface area contributed by atoms with Crippen LogP contribution in [0.4, 0.5) is 16.2 Å². The number of nitrogens with zero attached hydrogens (tertiary/aromatic N) is 3. The molecule has 0 spiro atoms. The largest absolute Gasteiger partial charge is 0.370 e. The first-order valence-corrected chi connectivity index (χ1v) is 10.6. The zero-order chi connectivity index (χ0) is 22.5. The topological polar surface area (TPSA) is 73.0 Å². The van der Waals surface area contributed by atoms with Crippen molar-refractivity contribution >= 4 is 29.2 Å². The van der Waals surface area contributed by atoms with E-state index in [2.05, 4.69) is 23.2 Å². The molecule has 2 aromatic rings. The van der Waals surface area contributed by atoms with Crippen LogP contribution in [0.15, 0.2) is 48.5 Å². The van der Waals surface area contributed by atoms with Crippen molar-refractivity contribution in [1.82, 2.24) is 10.2 Å². The van der Waals surface area contributed by atoms with Crippen molar-refractivity contribution in [2.24, 2.45) is 0 Å². The van der Waals surface area contributed by atoms with Crippen LogP contribution in [0.2, 0.25) is 0 Å². The molecule has 1 aliphatic heterocycles. The highest BCUT2D eigenvalue weighted by molar-refractivity contribution is 6.15. The van der Waals surface area contributed by atoms with E-state index in [1.54, 1.807) is 6.92 Å². The quantitative estimate of drug-likeness (QED) is 0.664. The normalized spacial score (nSPS) is 16.1. The van der Waals surface area contributed by atoms with Crippen molar-refractivity contribution in [2.45, 2.75) is 33.7 Å². The number of amides is 4. The zero-order valence-electron chi connectivity index (χ0n) is 18.6. The Bertz CT molecular complexity index is 958. The Morgan fingerprint density at radius 3 is 2.42 bits per heavy atom. The molecule has 0 bridgehead atoms. The summed E-state index contributed by atoms with van der Waals surface area (Å²) in [5.74, 6) is -0.712. The molecule has 1 heterocycles. The first kappa shape index (κ1) is 22.3. The molecular formula is C24H30N4O3. The van der Waals surface area contributed by atoms with E-state index in [9.17, 15) is 14.4 Å². The highest BCUT2D eigenvalue weighted by Crippen LogP contribution is 2.25. The van der Waals surface area contributed by atoms with Gasteiger partial charge in [-0.05, 0) is 57.5 Å². The van der Waals surface area contributed by atoms with Crippen LogP contribution in [0.5, 0.6) is 0 Å². The van der Waals surface area contributed by atoms with Crippen molar-refractivity contribution in [3.05, 3.63) is 59.7 Å². The predicted molar refractivity (Wildman–Crippen MR) is 122 cm³/mol. The van der Waals surface area contributed by atoms with Crippen LogP contribution in [-0.4, -0.2) is 55.0 Å². The average Bonchev–Trinajstić information content (AvgIpc) is 2.95. The molecule has 1 saturated heterocycles. The molecule has 7 heteroatoms. The Balaban J connectivity index is 1.56. The number of benzene rings is 2. The SMILES string of the molecule is CCN(CCNC(=O)CN1C(=O)[C@@H](C)N(c2ccc(C)cc2)C1=O)c1cccc(C)c1. The number of carbonyl (C=O) groups excluding carboxylic acids is 3. The second-order valence-corrected chi connectivity index (χ2v) is 7.86. The number of hydrogen-bond acceptors (Lipinski definition) is 4. The molecule has 3 rings (SSSR count). The number of nitrogens with one attached hydrogen (secondary N) is 1. The van der Waals surface area contributed by atoms with Crippen LogP contribution in [0, 0.1) is 13.8 Å². The standard InChI is InChI=1S/C24H30N4O3/c1-5-26(21-8-6-7-18(3)15-21)14-13-25-22(29)16-27-23(30)19(4)28(24(27)31)20-11-9-17(2)10-12-20/h6-12,15,19H,5,13-14,16H2,1-4H3,(H,25,29)/t19-/m1/s1. The Hall–Kier alpha value is -3.35. The highest BCUT2D eigenvalue weighted by atomic mass is 16.2. The van der Waals surface area contributed by atoms with Crippen molar-refractivity contribution in [2.75, 3.05) is 36.0 Å². The van der Waals surface area contributed by atoms with Gasteiger partial charge in [0.1, 0.15) is 12.6 Å². The first-order chi connectivity index (χ1) is 14.8. The number of carbonyl (C=O) groups is 3. The summed E-state index contributed by atoms with van der Waals surface area (Å²) in [6.07, 6.45) is 0. The minimum atomic E-state index is -0.639. The Labute approximate surface area is 183 Å². The van der Waals surface area contributed by atoms with Crippen molar-refractivity contribution in [3.63, 3.8) is 0 Å². The average molecular weight is 423 g/mol. The predicted octanol–water partition coefficient (Wildman–Crippen LogP) is 3.10. The molecule has 0 radical (unpaired) electrons. The number of likely N-dealkylation sites (N-methyl/N-ethyl adjacent to an activating group) is 1. The molecule has 2 aromatic carbocycles. The summed E-state index contributed by atoms with van der Waals surface area (Å²) in [4.78, 5) is 42.5. The minimum Gasteiger partial charge on any atom is -0.370 e. The lowest BCUT2D eigenvalue weighted by molar-refractivity contribution is -0.131. The van der Waals surface area contributed by atoms with Crippen LogP contribution >= 0.6 is 0 Å². The van der Waals surface area contributed by atoms with Gasteiger partial charge in [0.05, 0.1) is 0 Å². The van der Waals surface area contributed by atoms with Crippen molar-refractivity contribution in [1.29, 1.82) is 0 Å². The molecule has 164 valence electrons. The van der Waals surface area contributed by atoms with E-state index in [-0.39, 0.29) is 18.4 Å². The van der Waals surface area contributed by atoms with Gasteiger partial charge in [0.15, 0.2) is 0 Å². The van der Waals surface area contributed by atoms with E-state index in [0.29, 0.717) is 18.8 Å². The fraction of sp³-hybridized carbons (Fsp3) is 0.375. The van der Waals surface area contributed by atoms with Crippen molar-refractivity contribution in [3.8, 4) is 0 Å². The monoisotopic (exact) mass is 422 g/mol. The summed E-state index contributed by atoms with van der Waals surface area (Å²) in [7, 11) is 0. The highest BCUT2D eigenvalue weighted by Gasteiger charge is 2.43.